The van der Waals surface area contributed by atoms with E-state index in [2.05, 4.69) is 4.98 Å². The molecule has 0 bridgehead atoms. The van der Waals surface area contributed by atoms with E-state index in [-0.39, 0.29) is 11.3 Å². The average molecular weight is 457 g/mol. The molecule has 3 heterocycles. The number of ether oxygens (including phenoxy) is 2. The van der Waals surface area contributed by atoms with Crippen LogP contribution in [0.3, 0.4) is 0 Å². The van der Waals surface area contributed by atoms with Crippen LogP contribution in [-0.4, -0.2) is 49.1 Å². The number of amides is 1. The molecule has 1 fully saturated rings. The number of pyridine rings is 1. The van der Waals surface area contributed by atoms with Crippen molar-refractivity contribution in [1.82, 2.24) is 4.98 Å². The Kier molecular flexibility index (Phi) is 5.41. The van der Waals surface area contributed by atoms with E-state index < -0.39 is 17.7 Å². The Hall–Kier alpha value is -4.33. The lowest BCUT2D eigenvalue weighted by Crippen LogP contribution is -2.29. The van der Waals surface area contributed by atoms with Gasteiger partial charge in [-0.25, -0.2) is 0 Å². The number of aliphatic hydroxyl groups is 1. The van der Waals surface area contributed by atoms with Crippen molar-refractivity contribution < 1.29 is 24.2 Å². The molecule has 1 aromatic heterocycles. The summed E-state index contributed by atoms with van der Waals surface area (Å²) in [6.07, 6.45) is 3.18. The van der Waals surface area contributed by atoms with Crippen molar-refractivity contribution in [3.05, 3.63) is 83.7 Å². The molecule has 34 heavy (non-hydrogen) atoms. The highest BCUT2D eigenvalue weighted by Crippen LogP contribution is 2.43. The molecular weight excluding hydrogens is 434 g/mol. The number of carbonyl (C=O) groups is 2. The molecule has 2 aliphatic heterocycles. The van der Waals surface area contributed by atoms with Gasteiger partial charge in [0.05, 0.1) is 31.0 Å². The van der Waals surface area contributed by atoms with Gasteiger partial charge in [0.1, 0.15) is 23.9 Å². The molecule has 8 heteroatoms. The highest BCUT2D eigenvalue weighted by molar-refractivity contribution is 6.51. The van der Waals surface area contributed by atoms with Gasteiger partial charge in [0, 0.05) is 30.7 Å². The summed E-state index contributed by atoms with van der Waals surface area (Å²) in [5.74, 6) is -0.377. The first-order valence-corrected chi connectivity index (χ1v) is 10.8. The normalized spacial score (nSPS) is 19.1. The summed E-state index contributed by atoms with van der Waals surface area (Å²) in [6, 6.07) is 14.7. The number of likely N-dealkylation sites (N-methyl/N-ethyl adjacent to an activating group) is 1. The van der Waals surface area contributed by atoms with Gasteiger partial charge in [0.25, 0.3) is 11.7 Å². The summed E-state index contributed by atoms with van der Waals surface area (Å²) < 4.78 is 10.9. The second kappa shape index (κ2) is 8.55. The molecule has 2 aromatic carbocycles. The van der Waals surface area contributed by atoms with Gasteiger partial charge >= 0.3 is 0 Å². The number of aromatic nitrogens is 1. The van der Waals surface area contributed by atoms with Crippen LogP contribution >= 0.6 is 0 Å². The zero-order chi connectivity index (χ0) is 23.8. The van der Waals surface area contributed by atoms with Crippen LogP contribution in [0, 0.1) is 0 Å². The molecule has 1 unspecified atom stereocenters. The molecular formula is C26H23N3O5. The molecule has 0 saturated carbocycles. The highest BCUT2D eigenvalue weighted by atomic mass is 16.5. The fraction of sp³-hybridized carbons (Fsp3) is 0.192. The van der Waals surface area contributed by atoms with Crippen molar-refractivity contribution in [3.63, 3.8) is 0 Å². The first kappa shape index (κ1) is 21.5. The van der Waals surface area contributed by atoms with Gasteiger partial charge in [0.15, 0.2) is 0 Å². The molecule has 2 aliphatic rings. The van der Waals surface area contributed by atoms with Crippen molar-refractivity contribution in [2.45, 2.75) is 6.04 Å². The van der Waals surface area contributed by atoms with Gasteiger partial charge in [-0.2, -0.15) is 0 Å². The van der Waals surface area contributed by atoms with Crippen LogP contribution in [-0.2, 0) is 9.59 Å². The Morgan fingerprint density at radius 2 is 1.82 bits per heavy atom. The van der Waals surface area contributed by atoms with E-state index in [0.29, 0.717) is 41.5 Å². The van der Waals surface area contributed by atoms with Crippen LogP contribution in [0.15, 0.2) is 72.6 Å². The number of ketones is 1. The van der Waals surface area contributed by atoms with E-state index in [1.54, 1.807) is 74.1 Å². The van der Waals surface area contributed by atoms with Crippen molar-refractivity contribution in [3.8, 4) is 11.5 Å². The molecule has 3 aromatic rings. The molecule has 1 N–H and O–H groups in total. The topological polar surface area (TPSA) is 92.2 Å². The lowest BCUT2D eigenvalue weighted by Gasteiger charge is -2.28. The first-order chi connectivity index (χ1) is 16.5. The van der Waals surface area contributed by atoms with Crippen molar-refractivity contribution in [2.75, 3.05) is 37.1 Å². The third-order valence-corrected chi connectivity index (χ3v) is 6.14. The maximum Gasteiger partial charge on any atom is 0.300 e. The maximum atomic E-state index is 13.3. The Bertz CT molecular complexity index is 1290. The zero-order valence-electron chi connectivity index (χ0n) is 18.8. The van der Waals surface area contributed by atoms with Crippen LogP contribution in [0.4, 0.5) is 11.4 Å². The number of methoxy groups -OCH3 is 1. The SMILES string of the molecule is COc1ccc(N2C(=O)C(=O)/C(=C(\O)c3ccc4c(c3)N(C)CCO4)C2c2ccncc2)cc1. The smallest absolute Gasteiger partial charge is 0.300 e. The third-order valence-electron chi connectivity index (χ3n) is 6.14. The summed E-state index contributed by atoms with van der Waals surface area (Å²) >= 11 is 0. The van der Waals surface area contributed by atoms with Gasteiger partial charge in [-0.05, 0) is 60.2 Å². The number of hydrogen-bond donors (Lipinski definition) is 1. The van der Waals surface area contributed by atoms with Gasteiger partial charge in [-0.1, -0.05) is 0 Å². The van der Waals surface area contributed by atoms with Gasteiger partial charge in [-0.3, -0.25) is 19.5 Å². The Balaban J connectivity index is 1.67. The number of aliphatic hydroxyl groups excluding tert-OH is 1. The third kappa shape index (κ3) is 3.53. The largest absolute Gasteiger partial charge is 0.507 e. The number of nitrogens with zero attached hydrogens (tertiary/aromatic N) is 3. The monoisotopic (exact) mass is 457 g/mol. The molecule has 8 nitrogen and oxygen atoms in total. The molecule has 172 valence electrons. The van der Waals surface area contributed by atoms with Crippen LogP contribution in [0.5, 0.6) is 11.5 Å². The lowest BCUT2D eigenvalue weighted by molar-refractivity contribution is -0.132. The van der Waals surface area contributed by atoms with E-state index in [0.717, 1.165) is 5.69 Å². The first-order valence-electron chi connectivity index (χ1n) is 10.8. The van der Waals surface area contributed by atoms with Crippen molar-refractivity contribution in [1.29, 1.82) is 0 Å². The van der Waals surface area contributed by atoms with E-state index in [1.165, 1.54) is 4.90 Å². The molecule has 1 atom stereocenters. The predicted molar refractivity (Wildman–Crippen MR) is 127 cm³/mol. The maximum absolute atomic E-state index is 13.3. The molecule has 0 radical (unpaired) electrons. The molecule has 5 rings (SSSR count). The average Bonchev–Trinajstić information content (AvgIpc) is 3.14. The van der Waals surface area contributed by atoms with Crippen molar-refractivity contribution in [2.24, 2.45) is 0 Å². The van der Waals surface area contributed by atoms with E-state index in [1.807, 2.05) is 11.9 Å². The van der Waals surface area contributed by atoms with Crippen LogP contribution in [0.2, 0.25) is 0 Å². The summed E-state index contributed by atoms with van der Waals surface area (Å²) in [6.45, 7) is 1.28. The highest BCUT2D eigenvalue weighted by Gasteiger charge is 2.47. The number of hydrogen-bond acceptors (Lipinski definition) is 7. The van der Waals surface area contributed by atoms with Crippen molar-refractivity contribution >= 4 is 28.8 Å². The van der Waals surface area contributed by atoms with Gasteiger partial charge in [0.2, 0.25) is 0 Å². The van der Waals surface area contributed by atoms with E-state index in [9.17, 15) is 14.7 Å². The Morgan fingerprint density at radius 1 is 1.09 bits per heavy atom. The lowest BCUT2D eigenvalue weighted by atomic mass is 9.95. The number of Topliss-reactive ketones (excluding diaryl/α,β-unsaturated/α-hetero) is 1. The quantitative estimate of drug-likeness (QED) is 0.364. The molecule has 1 saturated heterocycles. The number of carbonyl (C=O) groups excluding carboxylic acids is 2. The predicted octanol–water partition coefficient (Wildman–Crippen LogP) is 3.55. The Labute approximate surface area is 196 Å². The number of anilines is 2. The van der Waals surface area contributed by atoms with Crippen LogP contribution in [0.1, 0.15) is 17.2 Å². The second-order valence-electron chi connectivity index (χ2n) is 8.10. The van der Waals surface area contributed by atoms with Gasteiger partial charge < -0.3 is 19.5 Å². The summed E-state index contributed by atoms with van der Waals surface area (Å²) in [5.41, 5.74) is 2.43. The summed E-state index contributed by atoms with van der Waals surface area (Å²) in [4.78, 5) is 34.0. The minimum absolute atomic E-state index is 0.0198. The van der Waals surface area contributed by atoms with E-state index in [4.69, 9.17) is 9.47 Å². The number of fused-ring (bicyclic) bond motifs is 1. The number of rotatable bonds is 4. The molecule has 0 aliphatic carbocycles. The molecule has 1 amide bonds. The van der Waals surface area contributed by atoms with Crippen LogP contribution < -0.4 is 19.3 Å². The number of benzene rings is 2. The second-order valence-corrected chi connectivity index (χ2v) is 8.10. The summed E-state index contributed by atoms with van der Waals surface area (Å²) in [7, 11) is 3.49. The van der Waals surface area contributed by atoms with Gasteiger partial charge in [-0.15, -0.1) is 0 Å². The summed E-state index contributed by atoms with van der Waals surface area (Å²) in [5, 5.41) is 11.4. The standard InChI is InChI=1S/C26H23N3O5/c1-28-13-14-34-21-8-3-17(15-20(21)28)24(30)22-23(16-9-11-27-12-10-16)29(26(32)25(22)31)18-4-6-19(33-2)7-5-18/h3-12,15,23,30H,13-14H2,1-2H3/b24-22-. The van der Waals surface area contributed by atoms with E-state index >= 15 is 0 Å². The fourth-order valence-corrected chi connectivity index (χ4v) is 4.36. The minimum atomic E-state index is -0.818. The Morgan fingerprint density at radius 3 is 2.53 bits per heavy atom. The minimum Gasteiger partial charge on any atom is -0.507 e. The fourth-order valence-electron chi connectivity index (χ4n) is 4.36. The van der Waals surface area contributed by atoms with Crippen LogP contribution in [0.25, 0.3) is 5.76 Å². The zero-order valence-corrected chi connectivity index (χ0v) is 18.8. The molecule has 0 spiro atoms.